The van der Waals surface area contributed by atoms with Crippen LogP contribution in [-0.4, -0.2) is 52.3 Å². The molecule has 1 aliphatic carbocycles. The summed E-state index contributed by atoms with van der Waals surface area (Å²) in [5, 5.41) is 1.48. The van der Waals surface area contributed by atoms with Crippen molar-refractivity contribution < 1.29 is 19.1 Å². The van der Waals surface area contributed by atoms with E-state index in [-0.39, 0.29) is 17.8 Å². The molecule has 1 aliphatic heterocycles. The molecule has 1 saturated heterocycles. The average Bonchev–Trinajstić information content (AvgIpc) is 2.65. The molecule has 0 bridgehead atoms. The molecule has 4 N–H and O–H groups in total. The summed E-state index contributed by atoms with van der Waals surface area (Å²) in [7, 11) is 0. The van der Waals surface area contributed by atoms with E-state index >= 15 is 0 Å². The van der Waals surface area contributed by atoms with Gasteiger partial charge in [-0.05, 0) is 33.6 Å². The summed E-state index contributed by atoms with van der Waals surface area (Å²) in [6, 6.07) is 6.68. The molecule has 1 amide bonds. The van der Waals surface area contributed by atoms with Crippen LogP contribution in [0.3, 0.4) is 0 Å². The molecule has 0 radical (unpaired) electrons. The van der Waals surface area contributed by atoms with E-state index in [0.717, 1.165) is 0 Å². The Morgan fingerprint density at radius 1 is 1.11 bits per heavy atom. The number of benzene rings is 1. The number of allylic oxidation sites excluding steroid dienone is 1. The summed E-state index contributed by atoms with van der Waals surface area (Å²) in [6.07, 6.45) is 0.838. The first kappa shape index (κ1) is 19.9. The number of rotatable bonds is 2. The van der Waals surface area contributed by atoms with Crippen LogP contribution in [0.15, 0.2) is 30.0 Å². The third kappa shape index (κ3) is 3.73. The highest BCUT2D eigenvalue weighted by molar-refractivity contribution is 6.52. The monoisotopic (exact) mass is 386 g/mol. The summed E-state index contributed by atoms with van der Waals surface area (Å²) >= 11 is 0. The fourth-order valence-corrected chi connectivity index (χ4v) is 3.50. The number of nitrogens with zero attached hydrogens (tertiary/aromatic N) is 2. The highest BCUT2D eigenvalue weighted by Gasteiger charge is 2.36. The van der Waals surface area contributed by atoms with Crippen LogP contribution < -0.4 is 11.6 Å². The normalized spacial score (nSPS) is 18.2. The maximum Gasteiger partial charge on any atom is 0.410 e. The van der Waals surface area contributed by atoms with Crippen molar-refractivity contribution in [2.45, 2.75) is 45.3 Å². The van der Waals surface area contributed by atoms with E-state index in [1.165, 1.54) is 5.01 Å². The van der Waals surface area contributed by atoms with Gasteiger partial charge in [-0.1, -0.05) is 24.3 Å². The second-order valence-electron chi connectivity index (χ2n) is 8.07. The Hall–Kier alpha value is -2.87. The number of ether oxygens (including phenoxy) is 1. The van der Waals surface area contributed by atoms with Gasteiger partial charge in [-0.2, -0.15) is 0 Å². The van der Waals surface area contributed by atoms with E-state index in [0.29, 0.717) is 42.8 Å². The Balaban J connectivity index is 1.77. The van der Waals surface area contributed by atoms with Gasteiger partial charge in [0.2, 0.25) is 5.78 Å². The van der Waals surface area contributed by atoms with Gasteiger partial charge in [0.1, 0.15) is 11.3 Å². The summed E-state index contributed by atoms with van der Waals surface area (Å²) in [5.41, 5.74) is 6.53. The second-order valence-corrected chi connectivity index (χ2v) is 8.07. The quantitative estimate of drug-likeness (QED) is 0.451. The van der Waals surface area contributed by atoms with Gasteiger partial charge in [-0.3, -0.25) is 9.59 Å². The standard InChI is InChI=1S/C20H26N4O4/c1-20(2,3)28-19(27)23-10-8-12(9-11-23)24(22)16-13-6-4-5-7-14(13)17(25)18(26)15(16)21/h4-7,12H,8-11,21-22H2,1-3H3. The number of piperidine rings is 1. The SMILES string of the molecule is CC(C)(C)OC(=O)N1CCC(N(N)C2=C(N)C(=O)C(=O)c3ccccc32)CC1. The Labute approximate surface area is 164 Å². The zero-order valence-corrected chi connectivity index (χ0v) is 16.4. The van der Waals surface area contributed by atoms with E-state index in [2.05, 4.69) is 0 Å². The molecule has 1 aromatic carbocycles. The molecule has 1 fully saturated rings. The number of nitrogens with two attached hydrogens (primary N) is 2. The van der Waals surface area contributed by atoms with Crippen molar-refractivity contribution in [2.75, 3.05) is 13.1 Å². The summed E-state index contributed by atoms with van der Waals surface area (Å²) < 4.78 is 5.41. The number of amides is 1. The fourth-order valence-electron chi connectivity index (χ4n) is 3.50. The first-order valence-electron chi connectivity index (χ1n) is 9.30. The fraction of sp³-hybridized carbons (Fsp3) is 0.450. The van der Waals surface area contributed by atoms with Crippen molar-refractivity contribution in [2.24, 2.45) is 11.6 Å². The number of likely N-dealkylation sites (tertiary alicyclic amines) is 1. The number of carbonyl (C=O) groups excluding carboxylic acids is 3. The number of carbonyl (C=O) groups is 3. The van der Waals surface area contributed by atoms with Crippen LogP contribution in [-0.2, 0) is 9.53 Å². The van der Waals surface area contributed by atoms with Crippen molar-refractivity contribution in [3.8, 4) is 0 Å². The molecule has 0 unspecified atom stereocenters. The van der Waals surface area contributed by atoms with Crippen LogP contribution in [0.1, 0.15) is 49.5 Å². The second kappa shape index (κ2) is 7.27. The Bertz CT molecular complexity index is 848. The number of fused-ring (bicyclic) bond motifs is 1. The van der Waals surface area contributed by atoms with Gasteiger partial charge in [0.15, 0.2) is 0 Å². The van der Waals surface area contributed by atoms with E-state index in [9.17, 15) is 14.4 Å². The largest absolute Gasteiger partial charge is 0.444 e. The molecule has 0 saturated carbocycles. The highest BCUT2D eigenvalue weighted by atomic mass is 16.6. The minimum absolute atomic E-state index is 0.124. The van der Waals surface area contributed by atoms with Gasteiger partial charge in [0.25, 0.3) is 5.78 Å². The first-order valence-corrected chi connectivity index (χ1v) is 9.30. The summed E-state index contributed by atoms with van der Waals surface area (Å²) in [6.45, 7) is 6.44. The summed E-state index contributed by atoms with van der Waals surface area (Å²) in [4.78, 5) is 38.4. The Morgan fingerprint density at radius 2 is 1.68 bits per heavy atom. The number of Topliss-reactive ketones (excluding diaryl/α,β-unsaturated/α-hetero) is 2. The molecule has 8 nitrogen and oxygen atoms in total. The molecular weight excluding hydrogens is 360 g/mol. The molecule has 0 spiro atoms. The molecular formula is C20H26N4O4. The maximum atomic E-state index is 12.3. The number of hydrazine groups is 1. The third-order valence-corrected chi connectivity index (χ3v) is 4.90. The van der Waals surface area contributed by atoms with Gasteiger partial charge < -0.3 is 20.4 Å². The predicted molar refractivity (Wildman–Crippen MR) is 104 cm³/mol. The lowest BCUT2D eigenvalue weighted by molar-refractivity contribution is -0.112. The zero-order valence-electron chi connectivity index (χ0n) is 16.4. The molecule has 1 heterocycles. The van der Waals surface area contributed by atoms with Gasteiger partial charge in [0.05, 0.1) is 5.70 Å². The zero-order chi connectivity index (χ0) is 20.6. The first-order chi connectivity index (χ1) is 13.1. The molecule has 0 atom stereocenters. The molecule has 2 aliphatic rings. The molecule has 150 valence electrons. The van der Waals surface area contributed by atoms with Crippen LogP contribution in [0.2, 0.25) is 0 Å². The van der Waals surface area contributed by atoms with Crippen LogP contribution in [0, 0.1) is 0 Å². The van der Waals surface area contributed by atoms with Crippen molar-refractivity contribution in [3.63, 3.8) is 0 Å². The minimum Gasteiger partial charge on any atom is -0.444 e. The van der Waals surface area contributed by atoms with Crippen molar-refractivity contribution in [3.05, 3.63) is 41.1 Å². The smallest absolute Gasteiger partial charge is 0.410 e. The van der Waals surface area contributed by atoms with Gasteiger partial charge in [0, 0.05) is 30.3 Å². The molecule has 3 rings (SSSR count). The van der Waals surface area contributed by atoms with E-state index in [1.807, 2.05) is 20.8 Å². The minimum atomic E-state index is -0.740. The topological polar surface area (TPSA) is 119 Å². The van der Waals surface area contributed by atoms with Crippen LogP contribution >= 0.6 is 0 Å². The van der Waals surface area contributed by atoms with Crippen LogP contribution in [0.25, 0.3) is 5.70 Å². The molecule has 28 heavy (non-hydrogen) atoms. The lowest BCUT2D eigenvalue weighted by Crippen LogP contribution is -2.50. The van der Waals surface area contributed by atoms with Gasteiger partial charge in [-0.15, -0.1) is 0 Å². The summed E-state index contributed by atoms with van der Waals surface area (Å²) in [5.74, 6) is 5.00. The van der Waals surface area contributed by atoms with E-state index < -0.39 is 17.2 Å². The van der Waals surface area contributed by atoms with Gasteiger partial charge >= 0.3 is 6.09 Å². The maximum absolute atomic E-state index is 12.3. The lowest BCUT2D eigenvalue weighted by atomic mass is 9.89. The molecule has 1 aromatic rings. The Kier molecular flexibility index (Phi) is 5.16. The van der Waals surface area contributed by atoms with Crippen molar-refractivity contribution in [1.82, 2.24) is 9.91 Å². The van der Waals surface area contributed by atoms with Gasteiger partial charge in [-0.25, -0.2) is 10.6 Å². The van der Waals surface area contributed by atoms with Crippen LogP contribution in [0.5, 0.6) is 0 Å². The van der Waals surface area contributed by atoms with E-state index in [1.54, 1.807) is 29.2 Å². The molecule has 0 aromatic heterocycles. The molecule has 8 heteroatoms. The highest BCUT2D eigenvalue weighted by Crippen LogP contribution is 2.32. The number of hydrogen-bond acceptors (Lipinski definition) is 7. The lowest BCUT2D eigenvalue weighted by Gasteiger charge is -2.39. The van der Waals surface area contributed by atoms with Crippen molar-refractivity contribution in [1.29, 1.82) is 0 Å². The number of hydrogen-bond donors (Lipinski definition) is 2. The van der Waals surface area contributed by atoms with Crippen molar-refractivity contribution >= 4 is 23.4 Å². The average molecular weight is 386 g/mol. The van der Waals surface area contributed by atoms with Crippen LogP contribution in [0.4, 0.5) is 4.79 Å². The number of ketones is 2. The van der Waals surface area contributed by atoms with E-state index in [4.69, 9.17) is 16.3 Å². The predicted octanol–water partition coefficient (Wildman–Crippen LogP) is 1.65. The Morgan fingerprint density at radius 3 is 2.25 bits per heavy atom. The third-order valence-electron chi connectivity index (χ3n) is 4.90.